The summed E-state index contributed by atoms with van der Waals surface area (Å²) in [6.07, 6.45) is 0. The Balaban J connectivity index is 1.63. The molecule has 0 radical (unpaired) electrons. The van der Waals surface area contributed by atoms with Gasteiger partial charge in [-0.3, -0.25) is 0 Å². The van der Waals surface area contributed by atoms with Crippen molar-refractivity contribution < 1.29 is 19.0 Å². The quantitative estimate of drug-likeness (QED) is 0.481. The minimum atomic E-state index is -0.511. The molecule has 3 aromatic rings. The fourth-order valence-electron chi connectivity index (χ4n) is 3.29. The maximum atomic E-state index is 12.6. The van der Waals surface area contributed by atoms with Crippen molar-refractivity contribution >= 4 is 17.3 Å². The van der Waals surface area contributed by atoms with Gasteiger partial charge in [0.2, 0.25) is 5.88 Å². The van der Waals surface area contributed by atoms with E-state index in [2.05, 4.69) is 6.07 Å². The first-order chi connectivity index (χ1) is 14.6. The Morgan fingerprint density at radius 1 is 1.20 bits per heavy atom. The molecule has 0 aliphatic carbocycles. The molecule has 2 aromatic carbocycles. The molecule has 0 saturated carbocycles. The number of esters is 1. The molecule has 1 aromatic heterocycles. The van der Waals surface area contributed by atoms with Gasteiger partial charge in [-0.15, -0.1) is 11.3 Å². The average molecular weight is 418 g/mol. The molecule has 0 bridgehead atoms. The number of carbonyl (C=O) groups is 1. The van der Waals surface area contributed by atoms with Gasteiger partial charge in [-0.05, 0) is 42.6 Å². The van der Waals surface area contributed by atoms with Crippen LogP contribution in [0.5, 0.6) is 17.2 Å². The number of fused-ring (bicyclic) bond motifs is 1. The predicted molar refractivity (Wildman–Crippen MR) is 113 cm³/mol. The summed E-state index contributed by atoms with van der Waals surface area (Å²) >= 11 is 1.54. The summed E-state index contributed by atoms with van der Waals surface area (Å²) in [6, 6.07) is 17.9. The lowest BCUT2D eigenvalue weighted by molar-refractivity contribution is 0.0734. The number of ether oxygens (including phenoxy) is 3. The van der Waals surface area contributed by atoms with E-state index in [-0.39, 0.29) is 11.8 Å². The van der Waals surface area contributed by atoms with Gasteiger partial charge in [0.1, 0.15) is 28.9 Å². The summed E-state index contributed by atoms with van der Waals surface area (Å²) < 4.78 is 16.6. The van der Waals surface area contributed by atoms with Crippen molar-refractivity contribution in [3.05, 3.63) is 87.4 Å². The van der Waals surface area contributed by atoms with E-state index in [4.69, 9.17) is 19.9 Å². The summed E-state index contributed by atoms with van der Waals surface area (Å²) in [4.78, 5) is 13.5. The van der Waals surface area contributed by atoms with E-state index in [9.17, 15) is 10.1 Å². The second-order valence-corrected chi connectivity index (χ2v) is 7.47. The Bertz CT molecular complexity index is 1160. The van der Waals surface area contributed by atoms with E-state index < -0.39 is 5.97 Å². The number of benzene rings is 2. The van der Waals surface area contributed by atoms with Crippen LogP contribution < -0.4 is 19.9 Å². The number of thiophene rings is 1. The lowest BCUT2D eigenvalue weighted by Crippen LogP contribution is -2.20. The maximum Gasteiger partial charge on any atom is 0.343 e. The van der Waals surface area contributed by atoms with Crippen LogP contribution in [-0.2, 0) is 0 Å². The molecule has 6 nitrogen and oxygen atoms in total. The minimum absolute atomic E-state index is 0.0521. The number of nitriles is 1. The number of nitrogens with zero attached hydrogens (tertiary/aromatic N) is 1. The Morgan fingerprint density at radius 3 is 2.80 bits per heavy atom. The van der Waals surface area contributed by atoms with Gasteiger partial charge < -0.3 is 19.9 Å². The molecular formula is C23H18N2O4S. The Hall–Kier alpha value is -3.76. The Morgan fingerprint density at radius 2 is 2.07 bits per heavy atom. The zero-order chi connectivity index (χ0) is 21.1. The molecule has 150 valence electrons. The van der Waals surface area contributed by atoms with Gasteiger partial charge in [0, 0.05) is 16.5 Å². The molecule has 2 heterocycles. The van der Waals surface area contributed by atoms with Crippen LogP contribution in [0.25, 0.3) is 0 Å². The molecule has 1 aliphatic rings. The van der Waals surface area contributed by atoms with Gasteiger partial charge in [0.05, 0.1) is 18.1 Å². The summed E-state index contributed by atoms with van der Waals surface area (Å²) in [6.45, 7) is 2.38. The molecule has 1 atom stereocenters. The molecule has 1 aliphatic heterocycles. The van der Waals surface area contributed by atoms with Crippen LogP contribution in [-0.4, -0.2) is 12.6 Å². The van der Waals surface area contributed by atoms with Crippen molar-refractivity contribution in [2.75, 3.05) is 6.61 Å². The number of hydrogen-bond acceptors (Lipinski definition) is 7. The number of hydrogen-bond donors (Lipinski definition) is 1. The SMILES string of the molecule is CCOc1cccc(C(=O)Oc2ccc3c(c2)OC(N)=C(C#N)C3c2cccs2)c1. The minimum Gasteiger partial charge on any atom is -0.494 e. The number of rotatable bonds is 5. The van der Waals surface area contributed by atoms with E-state index in [1.807, 2.05) is 24.4 Å². The van der Waals surface area contributed by atoms with Crippen molar-refractivity contribution in [2.45, 2.75) is 12.8 Å². The summed E-state index contributed by atoms with van der Waals surface area (Å²) in [5.41, 5.74) is 7.54. The zero-order valence-electron chi connectivity index (χ0n) is 16.1. The van der Waals surface area contributed by atoms with Crippen molar-refractivity contribution in [3.63, 3.8) is 0 Å². The lowest BCUT2D eigenvalue weighted by Gasteiger charge is -2.25. The van der Waals surface area contributed by atoms with Crippen LogP contribution in [0.1, 0.15) is 33.6 Å². The van der Waals surface area contributed by atoms with Gasteiger partial charge in [-0.2, -0.15) is 5.26 Å². The fourth-order valence-corrected chi connectivity index (χ4v) is 4.14. The molecule has 7 heteroatoms. The van der Waals surface area contributed by atoms with E-state index in [0.29, 0.717) is 35.0 Å². The first-order valence-corrected chi connectivity index (χ1v) is 10.2. The number of carbonyl (C=O) groups excluding carboxylic acids is 1. The molecule has 1 unspecified atom stereocenters. The van der Waals surface area contributed by atoms with E-state index in [1.54, 1.807) is 42.5 Å². The van der Waals surface area contributed by atoms with Crippen LogP contribution in [0.4, 0.5) is 0 Å². The highest BCUT2D eigenvalue weighted by Crippen LogP contribution is 2.44. The van der Waals surface area contributed by atoms with Crippen molar-refractivity contribution in [1.29, 1.82) is 5.26 Å². The van der Waals surface area contributed by atoms with Gasteiger partial charge in [0.25, 0.3) is 0 Å². The van der Waals surface area contributed by atoms with Crippen molar-refractivity contribution in [2.24, 2.45) is 5.73 Å². The first-order valence-electron chi connectivity index (χ1n) is 9.30. The van der Waals surface area contributed by atoms with Crippen molar-refractivity contribution in [1.82, 2.24) is 0 Å². The third-order valence-electron chi connectivity index (χ3n) is 4.61. The lowest BCUT2D eigenvalue weighted by atomic mass is 9.88. The monoisotopic (exact) mass is 418 g/mol. The second kappa shape index (κ2) is 8.31. The van der Waals surface area contributed by atoms with Crippen LogP contribution in [0.15, 0.2) is 71.4 Å². The maximum absolute atomic E-state index is 12.6. The Labute approximate surface area is 177 Å². The largest absolute Gasteiger partial charge is 0.494 e. The predicted octanol–water partition coefficient (Wildman–Crippen LogP) is 4.58. The zero-order valence-corrected chi connectivity index (χ0v) is 16.9. The Kier molecular flexibility index (Phi) is 5.42. The van der Waals surface area contributed by atoms with Crippen LogP contribution >= 0.6 is 11.3 Å². The highest BCUT2D eigenvalue weighted by atomic mass is 32.1. The molecule has 30 heavy (non-hydrogen) atoms. The van der Waals surface area contributed by atoms with Gasteiger partial charge in [-0.25, -0.2) is 4.79 Å². The molecule has 4 rings (SSSR count). The van der Waals surface area contributed by atoms with E-state index in [0.717, 1.165) is 10.4 Å². The molecule has 0 saturated heterocycles. The molecule has 0 fully saturated rings. The summed E-state index contributed by atoms with van der Waals surface area (Å²) in [5.74, 6) is 0.601. The normalized spacial score (nSPS) is 15.0. The molecule has 0 spiro atoms. The molecule has 0 amide bonds. The third-order valence-corrected chi connectivity index (χ3v) is 5.55. The second-order valence-electron chi connectivity index (χ2n) is 6.49. The fraction of sp³-hybridized carbons (Fsp3) is 0.130. The molecule has 2 N–H and O–H groups in total. The summed E-state index contributed by atoms with van der Waals surface area (Å²) in [5, 5.41) is 11.5. The molecular weight excluding hydrogens is 400 g/mol. The van der Waals surface area contributed by atoms with Crippen LogP contribution in [0.3, 0.4) is 0 Å². The van der Waals surface area contributed by atoms with Crippen LogP contribution in [0, 0.1) is 11.3 Å². The summed E-state index contributed by atoms with van der Waals surface area (Å²) in [7, 11) is 0. The standard InChI is InChI=1S/C23H18N2O4S/c1-2-27-15-6-3-5-14(11-15)23(26)28-16-8-9-17-19(12-16)29-22(25)18(13-24)21(17)20-7-4-10-30-20/h3-12,21H,2,25H2,1H3. The highest BCUT2D eigenvalue weighted by molar-refractivity contribution is 7.10. The number of nitrogens with two attached hydrogens (primary N) is 1. The highest BCUT2D eigenvalue weighted by Gasteiger charge is 2.31. The van der Waals surface area contributed by atoms with Gasteiger partial charge in [0.15, 0.2) is 0 Å². The van der Waals surface area contributed by atoms with E-state index in [1.165, 1.54) is 11.3 Å². The average Bonchev–Trinajstić information content (AvgIpc) is 3.27. The smallest absolute Gasteiger partial charge is 0.343 e. The first kappa shape index (κ1) is 19.6. The topological polar surface area (TPSA) is 94.6 Å². The third kappa shape index (κ3) is 3.73. The van der Waals surface area contributed by atoms with E-state index >= 15 is 0 Å². The number of allylic oxidation sites excluding steroid dienone is 1. The van der Waals surface area contributed by atoms with Gasteiger partial charge >= 0.3 is 5.97 Å². The van der Waals surface area contributed by atoms with Crippen molar-refractivity contribution in [3.8, 4) is 23.3 Å². The van der Waals surface area contributed by atoms with Gasteiger partial charge in [-0.1, -0.05) is 18.2 Å². The van der Waals surface area contributed by atoms with Crippen LogP contribution in [0.2, 0.25) is 0 Å².